The Morgan fingerprint density at radius 3 is 2.57 bits per heavy atom. The van der Waals surface area contributed by atoms with Crippen LogP contribution in [0.3, 0.4) is 0 Å². The molecular weight excluding hydrogens is 383 g/mol. The minimum Gasteiger partial charge on any atom is -0.394 e. The molecule has 0 radical (unpaired) electrons. The summed E-state index contributed by atoms with van der Waals surface area (Å²) in [6, 6.07) is 12.5. The van der Waals surface area contributed by atoms with E-state index in [4.69, 9.17) is 4.74 Å². The van der Waals surface area contributed by atoms with E-state index in [1.54, 1.807) is 12.1 Å². The van der Waals surface area contributed by atoms with Gasteiger partial charge < -0.3 is 20.1 Å². The van der Waals surface area contributed by atoms with Crippen molar-refractivity contribution in [2.75, 3.05) is 31.7 Å². The normalized spacial score (nSPS) is 26.1. The van der Waals surface area contributed by atoms with Crippen LogP contribution in [-0.2, 0) is 9.53 Å². The van der Waals surface area contributed by atoms with Crippen molar-refractivity contribution in [3.05, 3.63) is 53.8 Å². The van der Waals surface area contributed by atoms with E-state index in [2.05, 4.69) is 11.4 Å². The molecule has 5 rings (SSSR count). The first-order chi connectivity index (χ1) is 14.7. The lowest BCUT2D eigenvalue weighted by Gasteiger charge is -2.40. The highest BCUT2D eigenvalue weighted by molar-refractivity contribution is 5.81. The molecule has 2 fully saturated rings. The molecule has 0 spiro atoms. The number of anilines is 1. The number of carbonyl (C=O) groups is 1. The predicted molar refractivity (Wildman–Crippen MR) is 112 cm³/mol. The first kappa shape index (κ1) is 19.5. The highest BCUT2D eigenvalue weighted by Crippen LogP contribution is 2.48. The Balaban J connectivity index is 1.52. The molecule has 3 heterocycles. The van der Waals surface area contributed by atoms with Gasteiger partial charge >= 0.3 is 0 Å². The molecule has 0 aliphatic carbocycles. The molecule has 1 amide bonds. The number of rotatable bonds is 3. The summed E-state index contributed by atoms with van der Waals surface area (Å²) < 4.78 is 18.8. The standard InChI is InChI=1S/C24H27FN2O3/c25-18-4-1-15(2-5-18)17-3-6-21-20(13-17)23-19(22(14-28)26-21)7-10-27(23)24(29)16-8-11-30-12-9-16/h1-6,13,16,19,22-23,26,28H,7-12,14H2/t19-,22+,23-/m0/s1. The number of benzene rings is 2. The van der Waals surface area contributed by atoms with Gasteiger partial charge in [-0.05, 0) is 60.2 Å². The van der Waals surface area contributed by atoms with E-state index in [0.29, 0.717) is 19.8 Å². The zero-order valence-electron chi connectivity index (χ0n) is 16.9. The second kappa shape index (κ2) is 8.00. The minimum absolute atomic E-state index is 0.0173. The number of amides is 1. The molecule has 3 aliphatic heterocycles. The van der Waals surface area contributed by atoms with Gasteiger partial charge in [0.15, 0.2) is 0 Å². The van der Waals surface area contributed by atoms with Gasteiger partial charge in [0.25, 0.3) is 0 Å². The van der Waals surface area contributed by atoms with Gasteiger partial charge in [-0.1, -0.05) is 18.2 Å². The number of carbonyl (C=O) groups excluding carboxylic acids is 1. The Morgan fingerprint density at radius 1 is 1.10 bits per heavy atom. The number of aliphatic hydroxyl groups is 1. The summed E-state index contributed by atoms with van der Waals surface area (Å²) >= 11 is 0. The molecule has 30 heavy (non-hydrogen) atoms. The van der Waals surface area contributed by atoms with Gasteiger partial charge in [-0.25, -0.2) is 4.39 Å². The van der Waals surface area contributed by atoms with E-state index in [-0.39, 0.29) is 42.3 Å². The van der Waals surface area contributed by atoms with Crippen molar-refractivity contribution in [1.29, 1.82) is 0 Å². The molecule has 2 saturated heterocycles. The minimum atomic E-state index is -0.256. The van der Waals surface area contributed by atoms with E-state index in [0.717, 1.165) is 41.6 Å². The monoisotopic (exact) mass is 410 g/mol. The number of fused-ring (bicyclic) bond motifs is 3. The van der Waals surface area contributed by atoms with Crippen molar-refractivity contribution in [3.63, 3.8) is 0 Å². The SMILES string of the molecule is O=C(C1CCOCC1)N1CC[C@@H]2[C@H]1c1cc(-c3ccc(F)cc3)ccc1N[C@@H]2CO. The summed E-state index contributed by atoms with van der Waals surface area (Å²) in [5.41, 5.74) is 4.00. The second-order valence-electron chi connectivity index (χ2n) is 8.56. The van der Waals surface area contributed by atoms with Crippen molar-refractivity contribution in [3.8, 4) is 11.1 Å². The van der Waals surface area contributed by atoms with Crippen LogP contribution in [0.1, 0.15) is 30.9 Å². The van der Waals surface area contributed by atoms with Gasteiger partial charge in [0, 0.05) is 37.3 Å². The van der Waals surface area contributed by atoms with Gasteiger partial charge in [-0.15, -0.1) is 0 Å². The number of hydrogen-bond donors (Lipinski definition) is 2. The average Bonchev–Trinajstić information content (AvgIpc) is 3.24. The van der Waals surface area contributed by atoms with Crippen molar-refractivity contribution in [2.24, 2.45) is 11.8 Å². The summed E-state index contributed by atoms with van der Waals surface area (Å²) in [6.07, 6.45) is 2.42. The molecule has 0 aromatic heterocycles. The Hall–Kier alpha value is -2.44. The lowest BCUT2D eigenvalue weighted by Crippen LogP contribution is -2.44. The van der Waals surface area contributed by atoms with Crippen LogP contribution in [0.2, 0.25) is 0 Å². The van der Waals surface area contributed by atoms with Crippen LogP contribution in [0.15, 0.2) is 42.5 Å². The third-order valence-electron chi connectivity index (χ3n) is 6.90. The van der Waals surface area contributed by atoms with Crippen molar-refractivity contribution < 1.29 is 19.0 Å². The zero-order valence-corrected chi connectivity index (χ0v) is 16.9. The molecule has 2 N–H and O–H groups in total. The number of likely N-dealkylation sites (tertiary alicyclic amines) is 1. The Morgan fingerprint density at radius 2 is 1.83 bits per heavy atom. The van der Waals surface area contributed by atoms with Crippen LogP contribution in [0.25, 0.3) is 11.1 Å². The van der Waals surface area contributed by atoms with Crippen LogP contribution < -0.4 is 5.32 Å². The number of nitrogens with one attached hydrogen (secondary N) is 1. The van der Waals surface area contributed by atoms with Gasteiger partial charge in [0.05, 0.1) is 18.7 Å². The fraction of sp³-hybridized carbons (Fsp3) is 0.458. The molecule has 3 atom stereocenters. The van der Waals surface area contributed by atoms with Crippen LogP contribution in [-0.4, -0.2) is 48.3 Å². The Labute approximate surface area is 175 Å². The highest BCUT2D eigenvalue weighted by atomic mass is 19.1. The second-order valence-corrected chi connectivity index (χ2v) is 8.56. The number of halogens is 1. The van der Waals surface area contributed by atoms with Crippen LogP contribution in [0.5, 0.6) is 0 Å². The average molecular weight is 410 g/mol. The van der Waals surface area contributed by atoms with Crippen LogP contribution >= 0.6 is 0 Å². The smallest absolute Gasteiger partial charge is 0.226 e. The topological polar surface area (TPSA) is 61.8 Å². The largest absolute Gasteiger partial charge is 0.394 e. The summed E-state index contributed by atoms with van der Waals surface area (Å²) in [6.45, 7) is 2.04. The number of hydrogen-bond acceptors (Lipinski definition) is 4. The maximum absolute atomic E-state index is 13.4. The summed E-state index contributed by atoms with van der Waals surface area (Å²) in [5, 5.41) is 13.5. The summed E-state index contributed by atoms with van der Waals surface area (Å²) in [7, 11) is 0. The quantitative estimate of drug-likeness (QED) is 0.812. The molecule has 0 unspecified atom stereocenters. The summed E-state index contributed by atoms with van der Waals surface area (Å²) in [5.74, 6) is 0.147. The number of ether oxygens (including phenoxy) is 1. The van der Waals surface area contributed by atoms with Gasteiger partial charge in [0.2, 0.25) is 5.91 Å². The van der Waals surface area contributed by atoms with Gasteiger partial charge in [-0.2, -0.15) is 0 Å². The first-order valence-corrected chi connectivity index (χ1v) is 10.8. The third-order valence-corrected chi connectivity index (χ3v) is 6.90. The highest BCUT2D eigenvalue weighted by Gasteiger charge is 2.46. The van der Waals surface area contributed by atoms with E-state index in [9.17, 15) is 14.3 Å². The Bertz CT molecular complexity index is 927. The molecule has 2 aromatic rings. The third kappa shape index (κ3) is 3.38. The maximum atomic E-state index is 13.4. The van der Waals surface area contributed by atoms with Crippen molar-refractivity contribution in [2.45, 2.75) is 31.3 Å². The lowest BCUT2D eigenvalue weighted by atomic mass is 9.82. The Kier molecular flexibility index (Phi) is 5.21. The molecule has 2 aromatic carbocycles. The summed E-state index contributed by atoms with van der Waals surface area (Å²) in [4.78, 5) is 15.4. The van der Waals surface area contributed by atoms with E-state index >= 15 is 0 Å². The fourth-order valence-corrected chi connectivity index (χ4v) is 5.31. The molecule has 0 saturated carbocycles. The van der Waals surface area contributed by atoms with Crippen molar-refractivity contribution in [1.82, 2.24) is 4.90 Å². The first-order valence-electron chi connectivity index (χ1n) is 10.8. The molecule has 3 aliphatic rings. The molecule has 158 valence electrons. The zero-order chi connectivity index (χ0) is 20.7. The lowest BCUT2D eigenvalue weighted by molar-refractivity contribution is -0.140. The van der Waals surface area contributed by atoms with Crippen LogP contribution in [0, 0.1) is 17.7 Å². The molecule has 5 nitrogen and oxygen atoms in total. The fourth-order valence-electron chi connectivity index (χ4n) is 5.31. The van der Waals surface area contributed by atoms with Crippen molar-refractivity contribution >= 4 is 11.6 Å². The number of nitrogens with zero attached hydrogens (tertiary/aromatic N) is 1. The van der Waals surface area contributed by atoms with Crippen LogP contribution in [0.4, 0.5) is 10.1 Å². The predicted octanol–water partition coefficient (Wildman–Crippen LogP) is 3.60. The molecule has 6 heteroatoms. The van der Waals surface area contributed by atoms with E-state index < -0.39 is 0 Å². The molecular formula is C24H27FN2O3. The van der Waals surface area contributed by atoms with Gasteiger partial charge in [0.1, 0.15) is 5.82 Å². The number of aliphatic hydroxyl groups excluding tert-OH is 1. The molecule has 0 bridgehead atoms. The maximum Gasteiger partial charge on any atom is 0.226 e. The van der Waals surface area contributed by atoms with E-state index in [1.807, 2.05) is 17.0 Å². The van der Waals surface area contributed by atoms with Gasteiger partial charge in [-0.3, -0.25) is 4.79 Å². The van der Waals surface area contributed by atoms with E-state index in [1.165, 1.54) is 12.1 Å².